The van der Waals surface area contributed by atoms with Crippen molar-refractivity contribution in [1.82, 2.24) is 0 Å². The number of esters is 1. The Morgan fingerprint density at radius 3 is 1.95 bits per heavy atom. The minimum atomic E-state index is -0.207. The van der Waals surface area contributed by atoms with Crippen LogP contribution in [-0.2, 0) is 19.1 Å². The molecule has 114 valence electrons. The summed E-state index contributed by atoms with van der Waals surface area (Å²) in [6.07, 6.45) is 7.70. The van der Waals surface area contributed by atoms with Crippen LogP contribution < -0.4 is 0 Å². The Kier molecular flexibility index (Phi) is 5.58. The first-order chi connectivity index (χ1) is 9.61. The molecule has 0 aliphatic heterocycles. The highest BCUT2D eigenvalue weighted by Crippen LogP contribution is 2.33. The van der Waals surface area contributed by atoms with Crippen molar-refractivity contribution in [3.63, 3.8) is 0 Å². The molecule has 2 rings (SSSR count). The van der Waals surface area contributed by atoms with Crippen molar-refractivity contribution in [1.29, 1.82) is 0 Å². The second-order valence-corrected chi connectivity index (χ2v) is 6.18. The molecule has 2 atom stereocenters. The molecule has 2 aliphatic rings. The molecular weight excluding hydrogens is 256 g/mol. The minimum Gasteiger partial charge on any atom is -0.462 e. The van der Waals surface area contributed by atoms with E-state index in [4.69, 9.17) is 9.47 Å². The van der Waals surface area contributed by atoms with Gasteiger partial charge in [0.25, 0.3) is 0 Å². The monoisotopic (exact) mass is 282 g/mol. The zero-order valence-corrected chi connectivity index (χ0v) is 12.6. The van der Waals surface area contributed by atoms with Crippen molar-refractivity contribution in [2.24, 2.45) is 11.8 Å². The average molecular weight is 282 g/mol. The number of methoxy groups -OCH3 is 1. The third-order valence-corrected chi connectivity index (χ3v) is 4.83. The molecule has 0 aromatic carbocycles. The first kappa shape index (κ1) is 15.5. The summed E-state index contributed by atoms with van der Waals surface area (Å²) < 4.78 is 11.0. The van der Waals surface area contributed by atoms with Crippen LogP contribution >= 0.6 is 0 Å². The van der Waals surface area contributed by atoms with E-state index >= 15 is 0 Å². The molecule has 2 saturated carbocycles. The van der Waals surface area contributed by atoms with E-state index in [1.807, 2.05) is 0 Å². The fourth-order valence-electron chi connectivity index (χ4n) is 3.54. The maximum Gasteiger partial charge on any atom is 0.309 e. The van der Waals surface area contributed by atoms with Gasteiger partial charge in [-0.3, -0.25) is 9.59 Å². The Bertz CT molecular complexity index is 344. The third-order valence-electron chi connectivity index (χ3n) is 4.83. The summed E-state index contributed by atoms with van der Waals surface area (Å²) in [4.78, 5) is 24.0. The minimum absolute atomic E-state index is 0.0171. The summed E-state index contributed by atoms with van der Waals surface area (Å²) in [5.74, 6) is -0.339. The van der Waals surface area contributed by atoms with Crippen LogP contribution in [0, 0.1) is 11.8 Å². The zero-order valence-electron chi connectivity index (χ0n) is 12.6. The van der Waals surface area contributed by atoms with Gasteiger partial charge in [0.1, 0.15) is 11.9 Å². The predicted octanol–water partition coefficient (Wildman–Crippen LogP) is 2.88. The third kappa shape index (κ3) is 3.81. The smallest absolute Gasteiger partial charge is 0.309 e. The topological polar surface area (TPSA) is 52.6 Å². The van der Waals surface area contributed by atoms with E-state index in [2.05, 4.69) is 0 Å². The van der Waals surface area contributed by atoms with Gasteiger partial charge in [0.2, 0.25) is 0 Å². The van der Waals surface area contributed by atoms with E-state index in [-0.39, 0.29) is 29.7 Å². The summed E-state index contributed by atoms with van der Waals surface area (Å²) in [6, 6.07) is 0. The molecule has 0 amide bonds. The number of hydrogen-bond donors (Lipinski definition) is 0. The van der Waals surface area contributed by atoms with Gasteiger partial charge in [-0.2, -0.15) is 0 Å². The summed E-state index contributed by atoms with van der Waals surface area (Å²) in [7, 11) is 1.73. The van der Waals surface area contributed by atoms with Crippen LogP contribution in [0.2, 0.25) is 0 Å². The lowest BCUT2D eigenvalue weighted by Crippen LogP contribution is -2.36. The molecular formula is C16H26O4. The number of ketones is 1. The van der Waals surface area contributed by atoms with Gasteiger partial charge in [-0.15, -0.1) is 0 Å². The largest absolute Gasteiger partial charge is 0.462 e. The van der Waals surface area contributed by atoms with Crippen molar-refractivity contribution in [2.45, 2.75) is 70.5 Å². The maximum atomic E-state index is 12.3. The lowest BCUT2D eigenvalue weighted by atomic mass is 9.77. The molecule has 2 aliphatic carbocycles. The van der Waals surface area contributed by atoms with Crippen LogP contribution in [-0.4, -0.2) is 31.1 Å². The molecule has 0 aromatic heterocycles. The number of Topliss-reactive ketones (excluding diaryl/α,β-unsaturated/α-hetero) is 1. The fourth-order valence-corrected chi connectivity index (χ4v) is 3.54. The van der Waals surface area contributed by atoms with Gasteiger partial charge < -0.3 is 9.47 Å². The van der Waals surface area contributed by atoms with E-state index in [1.165, 1.54) is 0 Å². The molecule has 2 fully saturated rings. The van der Waals surface area contributed by atoms with Crippen LogP contribution in [0.5, 0.6) is 0 Å². The molecule has 0 heterocycles. The van der Waals surface area contributed by atoms with E-state index in [9.17, 15) is 9.59 Å². The Hall–Kier alpha value is -0.900. The predicted molar refractivity (Wildman–Crippen MR) is 75.3 cm³/mol. The highest BCUT2D eigenvalue weighted by molar-refractivity contribution is 5.85. The molecule has 0 saturated heterocycles. The van der Waals surface area contributed by atoms with Gasteiger partial charge in [-0.05, 0) is 45.4 Å². The number of carbonyl (C=O) groups is 2. The molecule has 2 unspecified atom stereocenters. The summed E-state index contributed by atoms with van der Waals surface area (Å²) in [6.45, 7) is 1.60. The Morgan fingerprint density at radius 2 is 1.40 bits per heavy atom. The Labute approximate surface area is 121 Å². The first-order valence-electron chi connectivity index (χ1n) is 7.85. The summed E-state index contributed by atoms with van der Waals surface area (Å²) in [5.41, 5.74) is 0. The summed E-state index contributed by atoms with van der Waals surface area (Å²) >= 11 is 0. The lowest BCUT2D eigenvalue weighted by molar-refractivity contribution is -0.161. The maximum absolute atomic E-state index is 12.3. The van der Waals surface area contributed by atoms with Crippen molar-refractivity contribution < 1.29 is 19.1 Å². The molecule has 0 aromatic rings. The summed E-state index contributed by atoms with van der Waals surface area (Å²) in [5, 5.41) is 0. The van der Waals surface area contributed by atoms with Crippen molar-refractivity contribution in [3.05, 3.63) is 0 Å². The van der Waals surface area contributed by atoms with Crippen molar-refractivity contribution in [2.75, 3.05) is 7.11 Å². The van der Waals surface area contributed by atoms with Crippen LogP contribution in [0.25, 0.3) is 0 Å². The second kappa shape index (κ2) is 7.21. The zero-order chi connectivity index (χ0) is 14.5. The Balaban J connectivity index is 1.86. The lowest BCUT2D eigenvalue weighted by Gasteiger charge is -2.32. The molecule has 0 radical (unpaired) electrons. The van der Waals surface area contributed by atoms with Crippen molar-refractivity contribution in [3.8, 4) is 0 Å². The standard InChI is InChI=1S/C16H26O4/c1-11(17)14-5-3-4-6-15(14)16(18)20-13-9-7-12(19-2)8-10-13/h12-15H,3-10H2,1-2H3. The van der Waals surface area contributed by atoms with Gasteiger partial charge in [0.05, 0.1) is 12.0 Å². The van der Waals surface area contributed by atoms with Crippen molar-refractivity contribution >= 4 is 11.8 Å². The van der Waals surface area contributed by atoms with Crippen LogP contribution in [0.3, 0.4) is 0 Å². The highest BCUT2D eigenvalue weighted by Gasteiger charge is 2.36. The van der Waals surface area contributed by atoms with Gasteiger partial charge in [0.15, 0.2) is 0 Å². The normalized spacial score (nSPS) is 34.5. The van der Waals surface area contributed by atoms with Crippen LogP contribution in [0.1, 0.15) is 58.3 Å². The van der Waals surface area contributed by atoms with Crippen LogP contribution in [0.15, 0.2) is 0 Å². The second-order valence-electron chi connectivity index (χ2n) is 6.18. The molecule has 4 heteroatoms. The average Bonchev–Trinajstić information content (AvgIpc) is 2.48. The number of rotatable bonds is 4. The fraction of sp³-hybridized carbons (Fsp3) is 0.875. The van der Waals surface area contributed by atoms with E-state index in [0.29, 0.717) is 6.10 Å². The highest BCUT2D eigenvalue weighted by atomic mass is 16.5. The quantitative estimate of drug-likeness (QED) is 0.744. The van der Waals surface area contributed by atoms with Gasteiger partial charge in [-0.25, -0.2) is 0 Å². The van der Waals surface area contributed by atoms with E-state index in [0.717, 1.165) is 51.4 Å². The molecule has 0 N–H and O–H groups in total. The van der Waals surface area contributed by atoms with Gasteiger partial charge in [-0.1, -0.05) is 12.8 Å². The van der Waals surface area contributed by atoms with Crippen LogP contribution in [0.4, 0.5) is 0 Å². The molecule has 0 bridgehead atoms. The Morgan fingerprint density at radius 1 is 0.850 bits per heavy atom. The SMILES string of the molecule is COC1CCC(OC(=O)C2CCCCC2C(C)=O)CC1. The van der Waals surface area contributed by atoms with E-state index in [1.54, 1.807) is 14.0 Å². The van der Waals surface area contributed by atoms with E-state index < -0.39 is 0 Å². The van der Waals surface area contributed by atoms with Gasteiger partial charge >= 0.3 is 5.97 Å². The molecule has 20 heavy (non-hydrogen) atoms. The number of hydrogen-bond acceptors (Lipinski definition) is 4. The number of carbonyl (C=O) groups excluding carboxylic acids is 2. The van der Waals surface area contributed by atoms with Gasteiger partial charge in [0, 0.05) is 13.0 Å². The molecule has 4 nitrogen and oxygen atoms in total. The number of ether oxygens (including phenoxy) is 2. The molecule has 0 spiro atoms. The first-order valence-corrected chi connectivity index (χ1v) is 7.85.